The van der Waals surface area contributed by atoms with Crippen molar-refractivity contribution in [2.75, 3.05) is 0 Å². The van der Waals surface area contributed by atoms with Crippen molar-refractivity contribution in [2.45, 2.75) is 48.8 Å². The highest BCUT2D eigenvalue weighted by atomic mass is 31.2. The summed E-state index contributed by atoms with van der Waals surface area (Å²) in [7, 11) is -6.78. The maximum absolute atomic E-state index is 12.9. The molecule has 4 nitrogen and oxygen atoms in total. The van der Waals surface area contributed by atoms with E-state index in [4.69, 9.17) is 9.79 Å². The molecular weight excluding hydrogens is 438 g/mol. The molecule has 2 N–H and O–H groups in total. The van der Waals surface area contributed by atoms with E-state index in [2.05, 4.69) is 4.52 Å². The summed E-state index contributed by atoms with van der Waals surface area (Å²) < 4.78 is 176. The van der Waals surface area contributed by atoms with Gasteiger partial charge in [-0.15, -0.1) is 0 Å². The Balaban J connectivity index is 6.51. The van der Waals surface area contributed by atoms with Crippen LogP contribution in [0.3, 0.4) is 0 Å². The van der Waals surface area contributed by atoms with Crippen LogP contribution < -0.4 is 0 Å². The largest absolute Gasteiger partial charge is 0.470 e. The average Bonchev–Trinajstić information content (AvgIpc) is 2.19. The molecule has 0 aromatic heterocycles. The first-order chi connectivity index (χ1) is 10.9. The van der Waals surface area contributed by atoms with Gasteiger partial charge < -0.3 is 9.79 Å². The Hall–Kier alpha value is -0.800. The van der Waals surface area contributed by atoms with Crippen molar-refractivity contribution in [3.8, 4) is 0 Å². The summed E-state index contributed by atoms with van der Waals surface area (Å²) in [4.78, 5) is 16.5. The lowest BCUT2D eigenvalue weighted by Crippen LogP contribution is -2.58. The molecule has 0 saturated heterocycles. The van der Waals surface area contributed by atoms with E-state index in [1.807, 2.05) is 0 Å². The number of alkyl halides is 13. The third-order valence-corrected chi connectivity index (χ3v) is 3.24. The van der Waals surface area contributed by atoms with Crippen LogP contribution in [0, 0.1) is 0 Å². The molecule has 0 atom stereocenters. The standard InChI is InChI=1S/C8H6F13O4P/c9-4(10,7(16,17)18)1-3(6(13,14)15,25-26(22,23)24)2-5(11,12)8(19,20)21/h1-2H2,(H2,22,23,24). The molecule has 0 bridgehead atoms. The summed E-state index contributed by atoms with van der Waals surface area (Å²) >= 11 is 0. The highest BCUT2D eigenvalue weighted by Gasteiger charge is 2.74. The molecule has 0 aromatic carbocycles. The molecule has 0 fully saturated rings. The van der Waals surface area contributed by atoms with Crippen molar-refractivity contribution in [3.05, 3.63) is 0 Å². The first kappa shape index (κ1) is 25.2. The van der Waals surface area contributed by atoms with Gasteiger partial charge in [0.1, 0.15) is 0 Å². The summed E-state index contributed by atoms with van der Waals surface area (Å²) in [6.45, 7) is 0. The van der Waals surface area contributed by atoms with Gasteiger partial charge in [-0.1, -0.05) is 0 Å². The van der Waals surface area contributed by atoms with Crippen molar-refractivity contribution in [1.29, 1.82) is 0 Å². The van der Waals surface area contributed by atoms with E-state index >= 15 is 0 Å². The van der Waals surface area contributed by atoms with Gasteiger partial charge in [-0.25, -0.2) is 4.57 Å². The lowest BCUT2D eigenvalue weighted by molar-refractivity contribution is -0.353. The number of halogens is 13. The molecule has 18 heteroatoms. The van der Waals surface area contributed by atoms with Crippen LogP contribution in [0.1, 0.15) is 12.8 Å². The lowest BCUT2D eigenvalue weighted by Gasteiger charge is -2.40. The van der Waals surface area contributed by atoms with Crippen LogP contribution in [0.2, 0.25) is 0 Å². The van der Waals surface area contributed by atoms with Gasteiger partial charge in [0.05, 0.1) is 12.8 Å². The topological polar surface area (TPSA) is 66.8 Å². The van der Waals surface area contributed by atoms with Gasteiger partial charge in [0.2, 0.25) is 0 Å². The molecule has 0 aliphatic rings. The number of hydrogen-bond donors (Lipinski definition) is 2. The zero-order chi connectivity index (χ0) is 21.6. The second-order valence-electron chi connectivity index (χ2n) is 4.83. The van der Waals surface area contributed by atoms with Crippen LogP contribution in [0.15, 0.2) is 0 Å². The SMILES string of the molecule is O=P(O)(O)OC(CC(F)(F)C(F)(F)F)(CC(F)(F)C(F)(F)F)C(F)(F)F. The molecule has 0 amide bonds. The molecule has 0 saturated carbocycles. The Morgan fingerprint density at radius 1 is 0.615 bits per heavy atom. The number of hydrogen-bond acceptors (Lipinski definition) is 2. The highest BCUT2D eigenvalue weighted by Crippen LogP contribution is 2.58. The van der Waals surface area contributed by atoms with E-state index in [1.54, 1.807) is 0 Å². The van der Waals surface area contributed by atoms with E-state index in [-0.39, 0.29) is 0 Å². The minimum Gasteiger partial charge on any atom is -0.303 e. The van der Waals surface area contributed by atoms with Crippen LogP contribution in [-0.2, 0) is 9.09 Å². The number of rotatable bonds is 6. The molecule has 0 spiro atoms. The van der Waals surface area contributed by atoms with Gasteiger partial charge in [0.15, 0.2) is 5.60 Å². The summed E-state index contributed by atoms with van der Waals surface area (Å²) in [5.74, 6) is -13.2. The van der Waals surface area contributed by atoms with Crippen molar-refractivity contribution in [2.24, 2.45) is 0 Å². The summed E-state index contributed by atoms with van der Waals surface area (Å²) in [6.07, 6.45) is -28.7. The van der Waals surface area contributed by atoms with Crippen molar-refractivity contribution in [1.82, 2.24) is 0 Å². The number of phosphoric ester groups is 1. The maximum Gasteiger partial charge on any atom is 0.470 e. The third-order valence-electron chi connectivity index (χ3n) is 2.65. The molecule has 0 unspecified atom stereocenters. The molecule has 0 radical (unpaired) electrons. The monoisotopic (exact) mass is 444 g/mol. The minimum absolute atomic E-state index is 2.63. The van der Waals surface area contributed by atoms with Gasteiger partial charge in [-0.3, -0.25) is 4.52 Å². The first-order valence-corrected chi connectivity index (χ1v) is 7.12. The van der Waals surface area contributed by atoms with Gasteiger partial charge in [-0.05, 0) is 0 Å². The van der Waals surface area contributed by atoms with Gasteiger partial charge >= 0.3 is 38.2 Å². The smallest absolute Gasteiger partial charge is 0.303 e. The zero-order valence-corrected chi connectivity index (χ0v) is 12.4. The van der Waals surface area contributed by atoms with Gasteiger partial charge in [0.25, 0.3) is 0 Å². The summed E-state index contributed by atoms with van der Waals surface area (Å²) in [6, 6.07) is 0. The molecule has 158 valence electrons. The Bertz CT molecular complexity index is 514. The maximum atomic E-state index is 12.9. The second-order valence-corrected chi connectivity index (χ2v) is 6.00. The Kier molecular flexibility index (Phi) is 6.46. The first-order valence-electron chi connectivity index (χ1n) is 5.59. The van der Waals surface area contributed by atoms with Crippen molar-refractivity contribution in [3.63, 3.8) is 0 Å². The fourth-order valence-corrected chi connectivity index (χ4v) is 2.21. The van der Waals surface area contributed by atoms with Crippen LogP contribution in [0.4, 0.5) is 57.1 Å². The average molecular weight is 444 g/mol. The normalized spacial score (nSPS) is 16.1. The lowest BCUT2D eigenvalue weighted by atomic mass is 9.87. The van der Waals surface area contributed by atoms with Crippen molar-refractivity contribution < 1.29 is 76.0 Å². The summed E-state index contributed by atoms with van der Waals surface area (Å²) in [5, 5.41) is 0. The van der Waals surface area contributed by atoms with E-state index in [1.165, 1.54) is 0 Å². The molecule has 0 aromatic rings. The quantitative estimate of drug-likeness (QED) is 0.466. The van der Waals surface area contributed by atoms with Crippen LogP contribution in [0.25, 0.3) is 0 Å². The molecule has 0 heterocycles. The molecule has 0 aliphatic heterocycles. The van der Waals surface area contributed by atoms with E-state index < -0.39 is 56.6 Å². The highest BCUT2D eigenvalue weighted by molar-refractivity contribution is 7.46. The molecular formula is C8H6F13O4P. The third kappa shape index (κ3) is 5.85. The Morgan fingerprint density at radius 2 is 0.885 bits per heavy atom. The van der Waals surface area contributed by atoms with Crippen LogP contribution >= 0.6 is 7.82 Å². The minimum atomic E-state index is -6.91. The summed E-state index contributed by atoms with van der Waals surface area (Å²) in [5.41, 5.74) is -5.90. The van der Waals surface area contributed by atoms with E-state index in [0.29, 0.717) is 0 Å². The van der Waals surface area contributed by atoms with Crippen LogP contribution in [0.5, 0.6) is 0 Å². The zero-order valence-electron chi connectivity index (χ0n) is 11.5. The molecule has 0 rings (SSSR count). The van der Waals surface area contributed by atoms with E-state index in [0.717, 1.165) is 0 Å². The predicted octanol–water partition coefficient (Wildman–Crippen LogP) is 4.57. The second kappa shape index (κ2) is 6.67. The van der Waals surface area contributed by atoms with Gasteiger partial charge in [-0.2, -0.15) is 57.1 Å². The van der Waals surface area contributed by atoms with Crippen LogP contribution in [-0.4, -0.2) is 45.8 Å². The van der Waals surface area contributed by atoms with Gasteiger partial charge in [0, 0.05) is 0 Å². The van der Waals surface area contributed by atoms with E-state index in [9.17, 15) is 61.6 Å². The van der Waals surface area contributed by atoms with Crippen molar-refractivity contribution >= 4 is 7.82 Å². The Morgan fingerprint density at radius 3 is 1.04 bits per heavy atom. The Labute approximate surface area is 134 Å². The molecule has 26 heavy (non-hydrogen) atoms. The predicted molar refractivity (Wildman–Crippen MR) is 53.2 cm³/mol. The fourth-order valence-electron chi connectivity index (χ4n) is 1.52. The number of phosphoric acid groups is 1. The fraction of sp³-hybridized carbons (Fsp3) is 1.00. The molecule has 0 aliphatic carbocycles.